The van der Waals surface area contributed by atoms with Crippen molar-refractivity contribution < 1.29 is 0 Å². The topological polar surface area (TPSA) is 64.7 Å². The van der Waals surface area contributed by atoms with Gasteiger partial charge < -0.3 is 5.73 Å². The van der Waals surface area contributed by atoms with E-state index in [-0.39, 0.29) is 0 Å². The number of benzene rings is 1. The highest BCUT2D eigenvalue weighted by molar-refractivity contribution is 7.99. The number of anilines is 1. The van der Waals surface area contributed by atoms with Crippen LogP contribution in [0, 0.1) is 0 Å². The summed E-state index contributed by atoms with van der Waals surface area (Å²) in [5, 5.41) is 0.896. The third-order valence-electron chi connectivity index (χ3n) is 2.41. The maximum Gasteiger partial charge on any atom is 0.179 e. The van der Waals surface area contributed by atoms with E-state index in [9.17, 15) is 0 Å². The molecule has 0 aliphatic heterocycles. The Morgan fingerprint density at radius 1 is 0.889 bits per heavy atom. The fourth-order valence-corrected chi connectivity index (χ4v) is 2.33. The molecule has 0 amide bonds. The van der Waals surface area contributed by atoms with E-state index < -0.39 is 0 Å². The molecule has 0 saturated heterocycles. The first-order chi connectivity index (χ1) is 8.81. The summed E-state index contributed by atoms with van der Waals surface area (Å²) in [7, 11) is 0. The fourth-order valence-electron chi connectivity index (χ4n) is 1.55. The Kier molecular flexibility index (Phi) is 2.82. The molecule has 0 bridgehead atoms. The highest BCUT2D eigenvalue weighted by Gasteiger charge is 2.02. The van der Waals surface area contributed by atoms with Crippen LogP contribution in [0.3, 0.4) is 0 Å². The van der Waals surface area contributed by atoms with Crippen LogP contribution in [0.5, 0.6) is 0 Å². The maximum atomic E-state index is 5.65. The van der Waals surface area contributed by atoms with Crippen LogP contribution in [0.15, 0.2) is 58.7 Å². The van der Waals surface area contributed by atoms with Gasteiger partial charge in [0, 0.05) is 23.0 Å². The highest BCUT2D eigenvalue weighted by atomic mass is 32.2. The minimum absolute atomic E-state index is 0.665. The fraction of sp³-hybridized carbons (Fsp3) is 0. The molecule has 0 fully saturated rings. The zero-order valence-corrected chi connectivity index (χ0v) is 10.3. The van der Waals surface area contributed by atoms with Crippen molar-refractivity contribution in [2.24, 2.45) is 0 Å². The standard InChI is InChI=1S/C13H10N4S/c14-9-1-3-10(4-2-9)18-12-6-5-11-13(17-12)16-8-7-15-11/h1-8H,14H2. The molecule has 3 rings (SSSR count). The lowest BCUT2D eigenvalue weighted by Gasteiger charge is -2.02. The Morgan fingerprint density at radius 3 is 2.50 bits per heavy atom. The van der Waals surface area contributed by atoms with E-state index in [1.54, 1.807) is 24.2 Å². The number of rotatable bonds is 2. The monoisotopic (exact) mass is 254 g/mol. The average Bonchev–Trinajstić information content (AvgIpc) is 2.41. The predicted molar refractivity (Wildman–Crippen MR) is 72.3 cm³/mol. The van der Waals surface area contributed by atoms with E-state index in [1.165, 1.54) is 0 Å². The number of hydrogen-bond donors (Lipinski definition) is 1. The van der Waals surface area contributed by atoms with Crippen molar-refractivity contribution in [2.45, 2.75) is 9.92 Å². The zero-order chi connectivity index (χ0) is 12.4. The second-order valence-electron chi connectivity index (χ2n) is 3.72. The van der Waals surface area contributed by atoms with Gasteiger partial charge in [-0.15, -0.1) is 0 Å². The molecule has 18 heavy (non-hydrogen) atoms. The summed E-state index contributed by atoms with van der Waals surface area (Å²) in [6.45, 7) is 0. The van der Waals surface area contributed by atoms with E-state index in [2.05, 4.69) is 15.0 Å². The normalized spacial score (nSPS) is 10.7. The van der Waals surface area contributed by atoms with Crippen molar-refractivity contribution in [3.63, 3.8) is 0 Å². The number of nitrogens with zero attached hydrogens (tertiary/aromatic N) is 3. The molecule has 0 atom stereocenters. The van der Waals surface area contributed by atoms with Gasteiger partial charge in [-0.3, -0.25) is 4.98 Å². The van der Waals surface area contributed by atoms with Crippen molar-refractivity contribution >= 4 is 28.6 Å². The summed E-state index contributed by atoms with van der Waals surface area (Å²) in [5.41, 5.74) is 7.88. The molecule has 0 aliphatic rings. The van der Waals surface area contributed by atoms with Crippen LogP contribution in [0.2, 0.25) is 0 Å². The summed E-state index contributed by atoms with van der Waals surface area (Å²) in [6.07, 6.45) is 3.31. The molecule has 5 heteroatoms. The number of hydrogen-bond acceptors (Lipinski definition) is 5. The van der Waals surface area contributed by atoms with E-state index in [4.69, 9.17) is 5.73 Å². The maximum absolute atomic E-state index is 5.65. The summed E-state index contributed by atoms with van der Waals surface area (Å²) in [6, 6.07) is 11.6. The smallest absolute Gasteiger partial charge is 0.179 e. The third-order valence-corrected chi connectivity index (χ3v) is 3.35. The van der Waals surface area contributed by atoms with Gasteiger partial charge in [0.15, 0.2) is 5.65 Å². The van der Waals surface area contributed by atoms with Crippen LogP contribution >= 0.6 is 11.8 Å². The first-order valence-electron chi connectivity index (χ1n) is 5.42. The van der Waals surface area contributed by atoms with Crippen LogP contribution in [-0.4, -0.2) is 15.0 Å². The van der Waals surface area contributed by atoms with Gasteiger partial charge in [-0.1, -0.05) is 11.8 Å². The van der Waals surface area contributed by atoms with Crippen LogP contribution in [0.1, 0.15) is 0 Å². The van der Waals surface area contributed by atoms with Gasteiger partial charge in [0.2, 0.25) is 0 Å². The molecule has 2 N–H and O–H groups in total. The Hall–Kier alpha value is -2.14. The largest absolute Gasteiger partial charge is 0.399 e. The second kappa shape index (κ2) is 4.62. The molecule has 0 aliphatic carbocycles. The SMILES string of the molecule is Nc1ccc(Sc2ccc3nccnc3n2)cc1. The molecule has 0 radical (unpaired) electrons. The predicted octanol–water partition coefficient (Wildman–Crippen LogP) is 2.76. The molecule has 4 nitrogen and oxygen atoms in total. The lowest BCUT2D eigenvalue weighted by Crippen LogP contribution is -1.88. The number of pyridine rings is 1. The number of nitrogens with two attached hydrogens (primary N) is 1. The Labute approximate surface area is 108 Å². The minimum atomic E-state index is 0.665. The molecule has 2 aromatic heterocycles. The van der Waals surface area contributed by atoms with E-state index in [0.717, 1.165) is 21.1 Å². The molecule has 0 saturated carbocycles. The number of aromatic nitrogens is 3. The first kappa shape index (κ1) is 11.0. The summed E-state index contributed by atoms with van der Waals surface area (Å²) in [5.74, 6) is 0. The summed E-state index contributed by atoms with van der Waals surface area (Å²) in [4.78, 5) is 13.9. The van der Waals surface area contributed by atoms with Crippen LogP contribution < -0.4 is 5.73 Å². The first-order valence-corrected chi connectivity index (χ1v) is 6.24. The van der Waals surface area contributed by atoms with E-state index in [0.29, 0.717) is 5.65 Å². The Balaban J connectivity index is 1.92. The van der Waals surface area contributed by atoms with Crippen molar-refractivity contribution in [2.75, 3.05) is 5.73 Å². The highest BCUT2D eigenvalue weighted by Crippen LogP contribution is 2.27. The van der Waals surface area contributed by atoms with Gasteiger partial charge in [0.1, 0.15) is 10.5 Å². The van der Waals surface area contributed by atoms with Crippen molar-refractivity contribution in [3.8, 4) is 0 Å². The van der Waals surface area contributed by atoms with Crippen molar-refractivity contribution in [1.29, 1.82) is 0 Å². The molecule has 2 heterocycles. The molecule has 3 aromatic rings. The Bertz CT molecular complexity index is 682. The molecular formula is C13H10N4S. The van der Waals surface area contributed by atoms with Crippen LogP contribution in [0.4, 0.5) is 5.69 Å². The van der Waals surface area contributed by atoms with Gasteiger partial charge in [0.25, 0.3) is 0 Å². The zero-order valence-electron chi connectivity index (χ0n) is 9.45. The van der Waals surface area contributed by atoms with Crippen molar-refractivity contribution in [3.05, 3.63) is 48.8 Å². The van der Waals surface area contributed by atoms with Gasteiger partial charge in [-0.05, 0) is 36.4 Å². The van der Waals surface area contributed by atoms with Gasteiger partial charge >= 0.3 is 0 Å². The second-order valence-corrected chi connectivity index (χ2v) is 4.81. The van der Waals surface area contributed by atoms with Crippen molar-refractivity contribution in [1.82, 2.24) is 15.0 Å². The molecule has 88 valence electrons. The molecule has 0 spiro atoms. The number of nitrogen functional groups attached to an aromatic ring is 1. The van der Waals surface area contributed by atoms with Gasteiger partial charge in [-0.25, -0.2) is 9.97 Å². The quantitative estimate of drug-likeness (QED) is 0.712. The van der Waals surface area contributed by atoms with E-state index >= 15 is 0 Å². The van der Waals surface area contributed by atoms with Crippen LogP contribution in [-0.2, 0) is 0 Å². The lowest BCUT2D eigenvalue weighted by atomic mass is 10.3. The van der Waals surface area contributed by atoms with E-state index in [1.807, 2.05) is 36.4 Å². The van der Waals surface area contributed by atoms with Crippen LogP contribution in [0.25, 0.3) is 11.2 Å². The molecule has 1 aromatic carbocycles. The summed E-state index contributed by atoms with van der Waals surface area (Å²) >= 11 is 1.58. The third kappa shape index (κ3) is 2.26. The molecular weight excluding hydrogens is 244 g/mol. The number of fused-ring (bicyclic) bond motifs is 1. The lowest BCUT2D eigenvalue weighted by molar-refractivity contribution is 1.12. The summed E-state index contributed by atoms with van der Waals surface area (Å²) < 4.78 is 0. The van der Waals surface area contributed by atoms with Gasteiger partial charge in [-0.2, -0.15) is 0 Å². The van der Waals surface area contributed by atoms with Gasteiger partial charge in [0.05, 0.1) is 0 Å². The molecule has 0 unspecified atom stereocenters. The minimum Gasteiger partial charge on any atom is -0.399 e. The average molecular weight is 254 g/mol. The Morgan fingerprint density at radius 2 is 1.67 bits per heavy atom.